The summed E-state index contributed by atoms with van der Waals surface area (Å²) in [6.07, 6.45) is 6.20. The van der Waals surface area contributed by atoms with E-state index in [0.717, 1.165) is 47.3 Å². The number of hydrogen-bond donors (Lipinski definition) is 0. The summed E-state index contributed by atoms with van der Waals surface area (Å²) in [4.78, 5) is 2.77. The summed E-state index contributed by atoms with van der Waals surface area (Å²) in [6, 6.07) is 33.9. The number of fused-ring (bicyclic) bond motifs is 1. The van der Waals surface area contributed by atoms with Crippen LogP contribution in [0.4, 0.5) is 39.8 Å². The number of sulfone groups is 1. The Morgan fingerprint density at radius 2 is 0.880 bits per heavy atom. The van der Waals surface area contributed by atoms with Crippen molar-refractivity contribution in [1.82, 2.24) is 0 Å². The third kappa shape index (κ3) is 9.98. The van der Waals surface area contributed by atoms with E-state index in [0.29, 0.717) is 28.4 Å². The molecule has 0 aliphatic rings. The standard InChI is InChI=1S/C40H45N7O2S/c1-4-7-28-47(29-8-5-2)35-22-18-33(19-23-35)44-46-40-27-26-39(37-12-10-11-13-38(37)40)45-43-32-16-14-31(15-17-32)41-42-34-20-24-36(25-21-34)50(48,49)30-9-6-3/h10-27H,4-9,28-30H2,1-3H3. The molecule has 0 bridgehead atoms. The zero-order valence-corrected chi connectivity index (χ0v) is 29.9. The van der Waals surface area contributed by atoms with Crippen molar-refractivity contribution in [3.8, 4) is 0 Å². The van der Waals surface area contributed by atoms with Crippen molar-refractivity contribution in [1.29, 1.82) is 0 Å². The molecule has 10 heteroatoms. The molecule has 0 heterocycles. The number of benzene rings is 5. The molecule has 5 aromatic carbocycles. The van der Waals surface area contributed by atoms with E-state index in [9.17, 15) is 8.42 Å². The van der Waals surface area contributed by atoms with Gasteiger partial charge in [-0.25, -0.2) is 8.42 Å². The molecule has 0 N–H and O–H groups in total. The zero-order valence-electron chi connectivity index (χ0n) is 29.1. The van der Waals surface area contributed by atoms with Crippen molar-refractivity contribution in [2.45, 2.75) is 64.2 Å². The van der Waals surface area contributed by atoms with E-state index in [-0.39, 0.29) is 5.75 Å². The van der Waals surface area contributed by atoms with Gasteiger partial charge in [-0.3, -0.25) is 0 Å². The lowest BCUT2D eigenvalue weighted by atomic mass is 10.1. The van der Waals surface area contributed by atoms with Gasteiger partial charge in [-0.05, 0) is 104 Å². The Hall–Kier alpha value is -5.09. The summed E-state index contributed by atoms with van der Waals surface area (Å²) in [7, 11) is -3.27. The molecule has 5 rings (SSSR count). The molecule has 0 saturated heterocycles. The molecule has 9 nitrogen and oxygen atoms in total. The second-order valence-corrected chi connectivity index (χ2v) is 14.3. The van der Waals surface area contributed by atoms with Gasteiger partial charge in [0.2, 0.25) is 0 Å². The highest BCUT2D eigenvalue weighted by Gasteiger charge is 2.13. The molecule has 0 aliphatic carbocycles. The minimum absolute atomic E-state index is 0.148. The van der Waals surface area contributed by atoms with E-state index in [1.807, 2.05) is 79.7 Å². The van der Waals surface area contributed by atoms with Gasteiger partial charge in [0.1, 0.15) is 0 Å². The third-order valence-corrected chi connectivity index (χ3v) is 10.1. The van der Waals surface area contributed by atoms with Crippen LogP contribution in [0.3, 0.4) is 0 Å². The van der Waals surface area contributed by atoms with Crippen LogP contribution in [0.1, 0.15) is 59.3 Å². The average Bonchev–Trinajstić information content (AvgIpc) is 3.15. The first kappa shape index (κ1) is 36.2. The summed E-state index contributed by atoms with van der Waals surface area (Å²) < 4.78 is 24.8. The maximum atomic E-state index is 12.4. The Morgan fingerprint density at radius 3 is 1.32 bits per heavy atom. The minimum atomic E-state index is -3.27. The molecule has 0 atom stereocenters. The fourth-order valence-corrected chi connectivity index (χ4v) is 6.79. The van der Waals surface area contributed by atoms with Crippen LogP contribution in [0.25, 0.3) is 10.8 Å². The van der Waals surface area contributed by atoms with E-state index in [4.69, 9.17) is 0 Å². The van der Waals surface area contributed by atoms with Crippen LogP contribution in [-0.4, -0.2) is 27.3 Å². The molecule has 0 aliphatic heterocycles. The van der Waals surface area contributed by atoms with Crippen molar-refractivity contribution in [2.75, 3.05) is 23.7 Å². The number of unbranched alkanes of at least 4 members (excludes halogenated alkanes) is 3. The van der Waals surface area contributed by atoms with Crippen molar-refractivity contribution >= 4 is 60.4 Å². The lowest BCUT2D eigenvalue weighted by molar-refractivity contribution is 0.592. The van der Waals surface area contributed by atoms with Crippen LogP contribution in [0.5, 0.6) is 0 Å². The summed E-state index contributed by atoms with van der Waals surface area (Å²) in [5, 5.41) is 28.6. The Kier molecular flexibility index (Phi) is 13.1. The molecule has 5 aromatic rings. The van der Waals surface area contributed by atoms with Gasteiger partial charge in [0, 0.05) is 29.5 Å². The van der Waals surface area contributed by atoms with Crippen LogP contribution >= 0.6 is 0 Å². The topological polar surface area (TPSA) is 112 Å². The first-order valence-electron chi connectivity index (χ1n) is 17.4. The Balaban J connectivity index is 1.24. The van der Waals surface area contributed by atoms with Gasteiger partial charge in [0.15, 0.2) is 9.84 Å². The monoisotopic (exact) mass is 687 g/mol. The fraction of sp³-hybridized carbons (Fsp3) is 0.300. The predicted molar refractivity (Wildman–Crippen MR) is 205 cm³/mol. The molecular formula is C40H45N7O2S. The van der Waals surface area contributed by atoms with Gasteiger partial charge in [-0.2, -0.15) is 20.5 Å². The molecule has 0 amide bonds. The van der Waals surface area contributed by atoms with Crippen LogP contribution in [0, 0.1) is 0 Å². The van der Waals surface area contributed by atoms with Crippen molar-refractivity contribution in [2.24, 2.45) is 30.7 Å². The molecule has 0 fully saturated rings. The van der Waals surface area contributed by atoms with E-state index < -0.39 is 9.84 Å². The summed E-state index contributed by atoms with van der Waals surface area (Å²) in [5.74, 6) is 0.148. The molecular weight excluding hydrogens is 643 g/mol. The van der Waals surface area contributed by atoms with Crippen molar-refractivity contribution < 1.29 is 8.42 Å². The zero-order chi connectivity index (χ0) is 35.2. The number of nitrogens with zero attached hydrogens (tertiary/aromatic N) is 7. The first-order valence-corrected chi connectivity index (χ1v) is 19.1. The van der Waals surface area contributed by atoms with E-state index >= 15 is 0 Å². The van der Waals surface area contributed by atoms with E-state index in [2.05, 4.69) is 61.6 Å². The van der Waals surface area contributed by atoms with Gasteiger partial charge in [0.25, 0.3) is 0 Å². The average molecular weight is 688 g/mol. The molecule has 0 spiro atoms. The SMILES string of the molecule is CCCCN(CCCC)c1ccc(N=Nc2ccc(N=Nc3ccc(N=Nc4ccc(S(=O)(=O)CCCC)cc4)cc3)c3ccccc23)cc1. The van der Waals surface area contributed by atoms with Gasteiger partial charge in [0.05, 0.1) is 44.8 Å². The molecule has 0 saturated carbocycles. The quantitative estimate of drug-likeness (QED) is 0.0906. The Bertz CT molecular complexity index is 2020. The highest BCUT2D eigenvalue weighted by Crippen LogP contribution is 2.35. The van der Waals surface area contributed by atoms with Gasteiger partial charge >= 0.3 is 0 Å². The van der Waals surface area contributed by atoms with Gasteiger partial charge in [-0.1, -0.05) is 64.3 Å². The first-order chi connectivity index (χ1) is 24.4. The number of azo groups is 3. The lowest BCUT2D eigenvalue weighted by Gasteiger charge is -2.24. The third-order valence-electron chi connectivity index (χ3n) is 8.30. The maximum Gasteiger partial charge on any atom is 0.178 e. The predicted octanol–water partition coefficient (Wildman–Crippen LogP) is 13.1. The van der Waals surface area contributed by atoms with Crippen LogP contribution in [0.2, 0.25) is 0 Å². The van der Waals surface area contributed by atoms with E-state index in [1.165, 1.54) is 31.4 Å². The maximum absolute atomic E-state index is 12.4. The highest BCUT2D eigenvalue weighted by molar-refractivity contribution is 7.91. The molecule has 0 radical (unpaired) electrons. The Labute approximate surface area is 295 Å². The molecule has 0 aromatic heterocycles. The second-order valence-electron chi connectivity index (χ2n) is 12.1. The van der Waals surface area contributed by atoms with Crippen LogP contribution in [-0.2, 0) is 9.84 Å². The van der Waals surface area contributed by atoms with Gasteiger partial charge < -0.3 is 4.90 Å². The van der Waals surface area contributed by atoms with E-state index in [1.54, 1.807) is 24.3 Å². The minimum Gasteiger partial charge on any atom is -0.372 e. The van der Waals surface area contributed by atoms with Crippen molar-refractivity contribution in [3.05, 3.63) is 109 Å². The van der Waals surface area contributed by atoms with Crippen LogP contribution in [0.15, 0.2) is 145 Å². The largest absolute Gasteiger partial charge is 0.372 e. The fourth-order valence-electron chi connectivity index (χ4n) is 5.34. The van der Waals surface area contributed by atoms with Crippen LogP contribution < -0.4 is 4.90 Å². The highest BCUT2D eigenvalue weighted by atomic mass is 32.2. The normalized spacial score (nSPS) is 12.1. The number of anilines is 1. The molecule has 0 unspecified atom stereocenters. The van der Waals surface area contributed by atoms with Crippen molar-refractivity contribution in [3.63, 3.8) is 0 Å². The second kappa shape index (κ2) is 18.1. The smallest absolute Gasteiger partial charge is 0.178 e. The molecule has 50 heavy (non-hydrogen) atoms. The van der Waals surface area contributed by atoms with Gasteiger partial charge in [-0.15, -0.1) is 10.2 Å². The molecule has 258 valence electrons. The summed E-state index contributed by atoms with van der Waals surface area (Å²) in [6.45, 7) is 8.57. The number of rotatable bonds is 17. The Morgan fingerprint density at radius 1 is 0.480 bits per heavy atom. The lowest BCUT2D eigenvalue weighted by Crippen LogP contribution is -2.25. The summed E-state index contributed by atoms with van der Waals surface area (Å²) in [5.41, 5.74) is 5.41. The number of hydrogen-bond acceptors (Lipinski definition) is 9. The summed E-state index contributed by atoms with van der Waals surface area (Å²) >= 11 is 0.